The minimum absolute atomic E-state index is 0.115. The van der Waals surface area contributed by atoms with Gasteiger partial charge in [-0.25, -0.2) is 9.67 Å². The number of nitrogens with zero attached hydrogens (tertiary/aromatic N) is 3. The minimum Gasteiger partial charge on any atom is -0.348 e. The number of aryl methyl sites for hydroxylation is 1. The molecule has 2 heterocycles. The number of Topliss-reactive ketones (excluding diaryl/α,β-unsaturated/α-hetero) is 1. The molecule has 6 nitrogen and oxygen atoms in total. The number of amides is 1. The Hall–Kier alpha value is -2.76. The summed E-state index contributed by atoms with van der Waals surface area (Å²) in [4.78, 5) is 31.0. The van der Waals surface area contributed by atoms with Crippen molar-refractivity contribution >= 4 is 22.7 Å². The highest BCUT2D eigenvalue weighted by Gasteiger charge is 2.30. The van der Waals surface area contributed by atoms with Gasteiger partial charge in [-0.3, -0.25) is 9.59 Å². The first-order valence-corrected chi connectivity index (χ1v) is 11.7. The van der Waals surface area contributed by atoms with E-state index in [1.807, 2.05) is 24.6 Å². The van der Waals surface area contributed by atoms with E-state index in [0.717, 1.165) is 64.8 Å². The molecular formula is C26H34N4O2. The van der Waals surface area contributed by atoms with E-state index in [0.29, 0.717) is 17.9 Å². The van der Waals surface area contributed by atoms with Crippen LogP contribution in [-0.2, 0) is 10.3 Å². The first-order valence-electron chi connectivity index (χ1n) is 11.7. The van der Waals surface area contributed by atoms with E-state index in [4.69, 9.17) is 10.1 Å². The van der Waals surface area contributed by atoms with E-state index in [-0.39, 0.29) is 23.8 Å². The topological polar surface area (TPSA) is 76.9 Å². The summed E-state index contributed by atoms with van der Waals surface area (Å²) in [5.74, 6) is 0.365. The van der Waals surface area contributed by atoms with Crippen LogP contribution in [0.15, 0.2) is 28.9 Å². The van der Waals surface area contributed by atoms with Gasteiger partial charge < -0.3 is 5.32 Å². The van der Waals surface area contributed by atoms with Gasteiger partial charge in [0.2, 0.25) is 0 Å². The van der Waals surface area contributed by atoms with Gasteiger partial charge >= 0.3 is 0 Å². The van der Waals surface area contributed by atoms with Gasteiger partial charge in [-0.1, -0.05) is 25.0 Å². The Kier molecular flexibility index (Phi) is 5.82. The number of aromatic nitrogens is 3. The van der Waals surface area contributed by atoms with Crippen LogP contribution in [0.25, 0.3) is 11.0 Å². The molecule has 170 valence electrons. The number of hydrogen-bond donors (Lipinski definition) is 1. The first kappa shape index (κ1) is 22.4. The Balaban J connectivity index is 1.71. The van der Waals surface area contributed by atoms with Gasteiger partial charge in [0.1, 0.15) is 0 Å². The lowest BCUT2D eigenvalue weighted by atomic mass is 9.89. The van der Waals surface area contributed by atoms with Crippen LogP contribution in [0.4, 0.5) is 0 Å². The second-order valence-electron chi connectivity index (χ2n) is 10.3. The van der Waals surface area contributed by atoms with Gasteiger partial charge in [-0.2, -0.15) is 5.10 Å². The lowest BCUT2D eigenvalue weighted by Gasteiger charge is -2.20. The number of carbonyl (C=O) groups is 2. The highest BCUT2D eigenvalue weighted by atomic mass is 16.2. The van der Waals surface area contributed by atoms with E-state index in [1.165, 1.54) is 0 Å². The van der Waals surface area contributed by atoms with Gasteiger partial charge in [0.25, 0.3) is 5.91 Å². The van der Waals surface area contributed by atoms with Gasteiger partial charge in [0, 0.05) is 30.2 Å². The number of nitrogens with one attached hydrogen (secondary N) is 1. The van der Waals surface area contributed by atoms with Crippen LogP contribution in [0, 0.1) is 6.92 Å². The van der Waals surface area contributed by atoms with Crippen molar-refractivity contribution in [1.29, 1.82) is 0 Å². The lowest BCUT2D eigenvalue weighted by molar-refractivity contribution is -0.115. The molecule has 0 spiro atoms. The average Bonchev–Trinajstić information content (AvgIpc) is 3.49. The maximum Gasteiger partial charge on any atom is 0.252 e. The molecule has 0 unspecified atom stereocenters. The highest BCUT2D eigenvalue weighted by molar-refractivity contribution is 6.07. The van der Waals surface area contributed by atoms with Crippen molar-refractivity contribution in [3.63, 3.8) is 0 Å². The molecule has 0 aromatic carbocycles. The molecule has 0 atom stereocenters. The summed E-state index contributed by atoms with van der Waals surface area (Å²) in [5.41, 5.74) is 5.77. The third kappa shape index (κ3) is 4.27. The van der Waals surface area contributed by atoms with Crippen molar-refractivity contribution in [1.82, 2.24) is 20.1 Å². The summed E-state index contributed by atoms with van der Waals surface area (Å²) in [7, 11) is 0. The van der Waals surface area contributed by atoms with E-state index < -0.39 is 0 Å². The SMILES string of the molecule is CCCC1=C(CNC(=O)c2cc(C3CC3)nc3c2c(C)nn3C(C)(C)C)C(=O)CC(C)=C1. The normalized spacial score (nSPS) is 17.2. The van der Waals surface area contributed by atoms with Crippen molar-refractivity contribution in [3.8, 4) is 0 Å². The van der Waals surface area contributed by atoms with Crippen molar-refractivity contribution < 1.29 is 9.59 Å². The molecule has 2 aliphatic carbocycles. The van der Waals surface area contributed by atoms with Crippen LogP contribution < -0.4 is 5.32 Å². The van der Waals surface area contributed by atoms with Gasteiger partial charge in [0.15, 0.2) is 11.4 Å². The molecular weight excluding hydrogens is 400 g/mol. The van der Waals surface area contributed by atoms with Crippen molar-refractivity contribution in [2.75, 3.05) is 6.54 Å². The molecule has 0 bridgehead atoms. The van der Waals surface area contributed by atoms with Crippen molar-refractivity contribution in [2.45, 2.75) is 85.1 Å². The van der Waals surface area contributed by atoms with E-state index in [2.05, 4.69) is 39.1 Å². The minimum atomic E-state index is -0.242. The standard InChI is InChI=1S/C26H34N4O2/c1-7-8-18-11-15(2)12-22(31)20(18)14-27-25(32)19-13-21(17-9-10-17)28-24-23(19)16(3)29-30(24)26(4,5)6/h11,13,17H,7-10,12,14H2,1-6H3,(H,27,32). The fourth-order valence-electron chi connectivity index (χ4n) is 4.49. The molecule has 1 saturated carbocycles. The molecule has 1 amide bonds. The Labute approximate surface area is 190 Å². The molecule has 0 aliphatic heterocycles. The molecule has 6 heteroatoms. The summed E-state index contributed by atoms with van der Waals surface area (Å²) >= 11 is 0. The summed E-state index contributed by atoms with van der Waals surface area (Å²) in [5, 5.41) is 8.58. The van der Waals surface area contributed by atoms with Crippen LogP contribution in [0.2, 0.25) is 0 Å². The summed E-state index contributed by atoms with van der Waals surface area (Å²) in [6, 6.07) is 1.94. The fourth-order valence-corrected chi connectivity index (χ4v) is 4.49. The largest absolute Gasteiger partial charge is 0.348 e. The predicted molar refractivity (Wildman–Crippen MR) is 127 cm³/mol. The third-order valence-corrected chi connectivity index (χ3v) is 6.24. The number of hydrogen-bond acceptors (Lipinski definition) is 4. The second-order valence-corrected chi connectivity index (χ2v) is 10.3. The molecule has 4 rings (SSSR count). The van der Waals surface area contributed by atoms with Gasteiger partial charge in [-0.05, 0) is 65.5 Å². The molecule has 1 fully saturated rings. The summed E-state index contributed by atoms with van der Waals surface area (Å²) in [6.45, 7) is 12.6. The van der Waals surface area contributed by atoms with Crippen LogP contribution in [-0.4, -0.2) is 33.0 Å². The number of pyridine rings is 1. The number of ketones is 1. The molecule has 1 N–H and O–H groups in total. The van der Waals surface area contributed by atoms with E-state index >= 15 is 0 Å². The Bertz CT molecular complexity index is 1160. The fraction of sp³-hybridized carbons (Fsp3) is 0.538. The molecule has 0 saturated heterocycles. The van der Waals surface area contributed by atoms with Crippen molar-refractivity contribution in [3.05, 3.63) is 45.8 Å². The Morgan fingerprint density at radius 2 is 1.97 bits per heavy atom. The quantitative estimate of drug-likeness (QED) is 0.685. The predicted octanol–water partition coefficient (Wildman–Crippen LogP) is 5.12. The average molecular weight is 435 g/mol. The maximum absolute atomic E-state index is 13.4. The van der Waals surface area contributed by atoms with E-state index in [1.54, 1.807) is 0 Å². The van der Waals surface area contributed by atoms with Gasteiger partial charge in [0.05, 0.1) is 22.2 Å². The number of carbonyl (C=O) groups excluding carboxylic acids is 2. The molecule has 2 aromatic heterocycles. The Morgan fingerprint density at radius 3 is 2.59 bits per heavy atom. The monoisotopic (exact) mass is 434 g/mol. The van der Waals surface area contributed by atoms with Crippen LogP contribution in [0.1, 0.15) is 94.4 Å². The molecule has 32 heavy (non-hydrogen) atoms. The lowest BCUT2D eigenvalue weighted by Crippen LogP contribution is -2.30. The van der Waals surface area contributed by atoms with Gasteiger partial charge in [-0.15, -0.1) is 0 Å². The summed E-state index contributed by atoms with van der Waals surface area (Å²) in [6.07, 6.45) is 6.56. The zero-order valence-electron chi connectivity index (χ0n) is 20.1. The maximum atomic E-state index is 13.4. The van der Waals surface area contributed by atoms with Crippen LogP contribution in [0.3, 0.4) is 0 Å². The molecule has 2 aliphatic rings. The van der Waals surface area contributed by atoms with Crippen LogP contribution in [0.5, 0.6) is 0 Å². The number of rotatable bonds is 6. The summed E-state index contributed by atoms with van der Waals surface area (Å²) < 4.78 is 1.93. The highest BCUT2D eigenvalue weighted by Crippen LogP contribution is 2.41. The first-order chi connectivity index (χ1) is 15.1. The third-order valence-electron chi connectivity index (χ3n) is 6.24. The second kappa shape index (κ2) is 8.30. The molecule has 2 aromatic rings. The molecule has 0 radical (unpaired) electrons. The number of fused-ring (bicyclic) bond motifs is 1. The Morgan fingerprint density at radius 1 is 1.25 bits per heavy atom. The van der Waals surface area contributed by atoms with Crippen LogP contribution >= 0.6 is 0 Å². The zero-order chi connectivity index (χ0) is 23.2. The van der Waals surface area contributed by atoms with E-state index in [9.17, 15) is 9.59 Å². The smallest absolute Gasteiger partial charge is 0.252 e. The zero-order valence-corrected chi connectivity index (χ0v) is 20.1. The van der Waals surface area contributed by atoms with Crippen molar-refractivity contribution in [2.24, 2.45) is 0 Å². The number of allylic oxidation sites excluding steroid dienone is 3.